The van der Waals surface area contributed by atoms with E-state index in [2.05, 4.69) is 22.9 Å². The molecule has 94 valence electrons. The lowest BCUT2D eigenvalue weighted by Crippen LogP contribution is -2.46. The average Bonchev–Trinajstić information content (AvgIpc) is 2.36. The molecule has 0 saturated carbocycles. The number of piperidine rings is 1. The molecule has 0 bridgehead atoms. The van der Waals surface area contributed by atoms with Gasteiger partial charge in [0.25, 0.3) is 0 Å². The van der Waals surface area contributed by atoms with Gasteiger partial charge in [-0.3, -0.25) is 9.88 Å². The summed E-state index contributed by atoms with van der Waals surface area (Å²) < 4.78 is 0. The Bertz CT molecular complexity index is 344. The van der Waals surface area contributed by atoms with Gasteiger partial charge in [-0.15, -0.1) is 0 Å². The van der Waals surface area contributed by atoms with Crippen LogP contribution in [0.4, 0.5) is 0 Å². The van der Waals surface area contributed by atoms with E-state index in [0.717, 1.165) is 18.5 Å². The van der Waals surface area contributed by atoms with Crippen LogP contribution in [0.25, 0.3) is 0 Å². The normalized spacial score (nSPS) is 27.9. The number of pyridine rings is 1. The van der Waals surface area contributed by atoms with E-state index in [-0.39, 0.29) is 12.1 Å². The summed E-state index contributed by atoms with van der Waals surface area (Å²) >= 11 is 0. The van der Waals surface area contributed by atoms with Crippen LogP contribution in [0.2, 0.25) is 0 Å². The van der Waals surface area contributed by atoms with E-state index in [1.807, 2.05) is 12.3 Å². The van der Waals surface area contributed by atoms with Crippen LogP contribution in [0, 0.1) is 5.92 Å². The molecule has 0 amide bonds. The van der Waals surface area contributed by atoms with E-state index in [1.54, 1.807) is 6.20 Å². The van der Waals surface area contributed by atoms with Gasteiger partial charge in [-0.2, -0.15) is 0 Å². The van der Waals surface area contributed by atoms with E-state index in [0.29, 0.717) is 19.0 Å². The molecule has 2 rings (SSSR count). The van der Waals surface area contributed by atoms with Gasteiger partial charge in [0.15, 0.2) is 0 Å². The summed E-state index contributed by atoms with van der Waals surface area (Å²) in [5.41, 5.74) is 7.00. The van der Waals surface area contributed by atoms with Crippen molar-refractivity contribution in [3.63, 3.8) is 0 Å². The fraction of sp³-hybridized carbons (Fsp3) is 0.615. The molecule has 1 fully saturated rings. The molecule has 3 unspecified atom stereocenters. The lowest BCUT2D eigenvalue weighted by atomic mass is 9.94. The van der Waals surface area contributed by atoms with Crippen LogP contribution in [-0.4, -0.2) is 40.7 Å². The number of hydrogen-bond acceptors (Lipinski definition) is 4. The Morgan fingerprint density at radius 2 is 2.47 bits per heavy atom. The van der Waals surface area contributed by atoms with E-state index in [1.165, 1.54) is 0 Å². The molecule has 1 aromatic heterocycles. The smallest absolute Gasteiger partial charge is 0.0693 e. The lowest BCUT2D eigenvalue weighted by Gasteiger charge is -2.39. The van der Waals surface area contributed by atoms with Crippen molar-refractivity contribution < 1.29 is 5.11 Å². The quantitative estimate of drug-likeness (QED) is 0.813. The standard InChI is InChI=1S/C13H21N3O/c1-10-4-6-16(9-13(10)17)12(7-14)11-3-2-5-15-8-11/h2-3,5,8,10,12-13,17H,4,6-7,9,14H2,1H3. The second kappa shape index (κ2) is 5.58. The topological polar surface area (TPSA) is 62.4 Å². The highest BCUT2D eigenvalue weighted by atomic mass is 16.3. The summed E-state index contributed by atoms with van der Waals surface area (Å²) in [7, 11) is 0. The fourth-order valence-corrected chi connectivity index (χ4v) is 2.43. The van der Waals surface area contributed by atoms with Crippen LogP contribution >= 0.6 is 0 Å². The molecule has 4 nitrogen and oxygen atoms in total. The number of β-amino-alcohol motifs (C(OH)–C–C–N with tert-alkyl or cyclic N) is 1. The summed E-state index contributed by atoms with van der Waals surface area (Å²) in [4.78, 5) is 6.40. The number of hydrogen-bond donors (Lipinski definition) is 2. The zero-order valence-corrected chi connectivity index (χ0v) is 10.3. The Morgan fingerprint density at radius 1 is 1.65 bits per heavy atom. The summed E-state index contributed by atoms with van der Waals surface area (Å²) in [5.74, 6) is 0.388. The molecular formula is C13H21N3O. The molecule has 0 aliphatic carbocycles. The lowest BCUT2D eigenvalue weighted by molar-refractivity contribution is 0.0110. The molecule has 3 N–H and O–H groups in total. The maximum Gasteiger partial charge on any atom is 0.0693 e. The number of rotatable bonds is 3. The summed E-state index contributed by atoms with van der Waals surface area (Å²) in [6.45, 7) is 4.36. The molecule has 1 aliphatic rings. The monoisotopic (exact) mass is 235 g/mol. The van der Waals surface area contributed by atoms with Crippen LogP contribution in [0.3, 0.4) is 0 Å². The molecule has 0 radical (unpaired) electrons. The molecule has 2 heterocycles. The first-order valence-electron chi connectivity index (χ1n) is 6.24. The van der Waals surface area contributed by atoms with Gasteiger partial charge in [-0.25, -0.2) is 0 Å². The Morgan fingerprint density at radius 3 is 3.06 bits per heavy atom. The predicted octanol–water partition coefficient (Wildman–Crippen LogP) is 0.784. The summed E-state index contributed by atoms with van der Waals surface area (Å²) in [5, 5.41) is 9.94. The Kier molecular flexibility index (Phi) is 4.10. The first-order valence-corrected chi connectivity index (χ1v) is 6.24. The maximum absolute atomic E-state index is 9.94. The van der Waals surface area contributed by atoms with E-state index >= 15 is 0 Å². The highest BCUT2D eigenvalue weighted by molar-refractivity contribution is 5.15. The van der Waals surface area contributed by atoms with Crippen LogP contribution in [0.15, 0.2) is 24.5 Å². The summed E-state index contributed by atoms with van der Waals surface area (Å²) in [6, 6.07) is 4.15. The molecule has 3 atom stereocenters. The van der Waals surface area contributed by atoms with Gasteiger partial charge in [0.1, 0.15) is 0 Å². The van der Waals surface area contributed by atoms with Gasteiger partial charge in [-0.05, 0) is 30.5 Å². The van der Waals surface area contributed by atoms with Gasteiger partial charge in [0.05, 0.1) is 6.10 Å². The SMILES string of the molecule is CC1CCN(C(CN)c2cccnc2)CC1O. The number of aromatic nitrogens is 1. The molecule has 1 aliphatic heterocycles. The molecular weight excluding hydrogens is 214 g/mol. The van der Waals surface area contributed by atoms with Crippen molar-refractivity contribution in [3.8, 4) is 0 Å². The largest absolute Gasteiger partial charge is 0.392 e. The molecule has 1 aromatic rings. The van der Waals surface area contributed by atoms with Crippen molar-refractivity contribution in [1.82, 2.24) is 9.88 Å². The van der Waals surface area contributed by atoms with Crippen molar-refractivity contribution in [2.75, 3.05) is 19.6 Å². The number of nitrogens with zero attached hydrogens (tertiary/aromatic N) is 2. The van der Waals surface area contributed by atoms with Gasteiger partial charge < -0.3 is 10.8 Å². The van der Waals surface area contributed by atoms with Gasteiger partial charge >= 0.3 is 0 Å². The second-order valence-electron chi connectivity index (χ2n) is 4.87. The molecule has 0 spiro atoms. The maximum atomic E-state index is 9.94. The number of nitrogens with two attached hydrogens (primary N) is 1. The van der Waals surface area contributed by atoms with Crippen molar-refractivity contribution in [3.05, 3.63) is 30.1 Å². The third-order valence-corrected chi connectivity index (χ3v) is 3.68. The van der Waals surface area contributed by atoms with Crippen LogP contribution in [0.5, 0.6) is 0 Å². The van der Waals surface area contributed by atoms with Crippen molar-refractivity contribution in [2.45, 2.75) is 25.5 Å². The Balaban J connectivity index is 2.09. The van der Waals surface area contributed by atoms with Gasteiger partial charge in [0, 0.05) is 31.5 Å². The summed E-state index contributed by atoms with van der Waals surface area (Å²) in [6.07, 6.45) is 4.42. The number of aliphatic hydroxyl groups excluding tert-OH is 1. The van der Waals surface area contributed by atoms with Crippen molar-refractivity contribution in [2.24, 2.45) is 11.7 Å². The number of likely N-dealkylation sites (tertiary alicyclic amines) is 1. The Hall–Kier alpha value is -0.970. The highest BCUT2D eigenvalue weighted by Crippen LogP contribution is 2.25. The molecule has 17 heavy (non-hydrogen) atoms. The van der Waals surface area contributed by atoms with Crippen LogP contribution in [-0.2, 0) is 0 Å². The third-order valence-electron chi connectivity index (χ3n) is 3.68. The molecule has 1 saturated heterocycles. The molecule has 0 aromatic carbocycles. The minimum Gasteiger partial charge on any atom is -0.392 e. The Labute approximate surface area is 102 Å². The fourth-order valence-electron chi connectivity index (χ4n) is 2.43. The van der Waals surface area contributed by atoms with Crippen molar-refractivity contribution >= 4 is 0 Å². The zero-order valence-electron chi connectivity index (χ0n) is 10.3. The predicted molar refractivity (Wildman–Crippen MR) is 67.4 cm³/mol. The van der Waals surface area contributed by atoms with E-state index in [4.69, 9.17) is 5.73 Å². The van der Waals surface area contributed by atoms with Gasteiger partial charge in [-0.1, -0.05) is 13.0 Å². The second-order valence-corrected chi connectivity index (χ2v) is 4.87. The van der Waals surface area contributed by atoms with Gasteiger partial charge in [0.2, 0.25) is 0 Å². The van der Waals surface area contributed by atoms with E-state index < -0.39 is 0 Å². The minimum atomic E-state index is -0.241. The zero-order chi connectivity index (χ0) is 12.3. The van der Waals surface area contributed by atoms with Crippen LogP contribution < -0.4 is 5.73 Å². The average molecular weight is 235 g/mol. The highest BCUT2D eigenvalue weighted by Gasteiger charge is 2.29. The molecule has 4 heteroatoms. The van der Waals surface area contributed by atoms with Crippen molar-refractivity contribution in [1.29, 1.82) is 0 Å². The first-order chi connectivity index (χ1) is 8.22. The minimum absolute atomic E-state index is 0.172. The van der Waals surface area contributed by atoms with Crippen LogP contribution in [0.1, 0.15) is 24.9 Å². The first kappa shape index (κ1) is 12.5. The van der Waals surface area contributed by atoms with E-state index in [9.17, 15) is 5.11 Å². The third kappa shape index (κ3) is 2.83. The number of aliphatic hydroxyl groups is 1.